The lowest BCUT2D eigenvalue weighted by Gasteiger charge is -2.42. The second-order valence-corrected chi connectivity index (χ2v) is 7.36. The summed E-state index contributed by atoms with van der Waals surface area (Å²) in [5.74, 6) is 9.28. The standard InChI is InChI=1S/C16H26/c1-3-4-12-9(2)13-8-14(12)16-11-6-5-10(7-11)15(13)16/h9-16H,3-8H2,1-2H3/t9?,10-,11+,12?,13+,14-,15?,16?/m1/s1. The topological polar surface area (TPSA) is 0 Å². The van der Waals surface area contributed by atoms with Gasteiger partial charge in [0.25, 0.3) is 0 Å². The largest absolute Gasteiger partial charge is 0.0654 e. The minimum atomic E-state index is 1.07. The number of rotatable bonds is 2. The van der Waals surface area contributed by atoms with Gasteiger partial charge in [-0.25, -0.2) is 0 Å². The fraction of sp³-hybridized carbons (Fsp3) is 1.00. The summed E-state index contributed by atoms with van der Waals surface area (Å²) in [6.45, 7) is 4.98. The van der Waals surface area contributed by atoms with Crippen molar-refractivity contribution < 1.29 is 0 Å². The van der Waals surface area contributed by atoms with Gasteiger partial charge in [0.2, 0.25) is 0 Å². The molecule has 0 radical (unpaired) electrons. The number of hydrogen-bond acceptors (Lipinski definition) is 0. The first-order valence-corrected chi connectivity index (χ1v) is 7.81. The predicted molar refractivity (Wildman–Crippen MR) is 67.0 cm³/mol. The summed E-state index contributed by atoms with van der Waals surface area (Å²) in [6.07, 6.45) is 9.41. The van der Waals surface area contributed by atoms with Gasteiger partial charge in [0.05, 0.1) is 0 Å². The molecule has 0 aliphatic heterocycles. The molecule has 0 aromatic heterocycles. The second-order valence-electron chi connectivity index (χ2n) is 7.36. The number of hydrogen-bond donors (Lipinski definition) is 0. The first-order chi connectivity index (χ1) is 7.81. The van der Waals surface area contributed by atoms with Crippen LogP contribution in [0.3, 0.4) is 0 Å². The van der Waals surface area contributed by atoms with E-state index in [0.717, 1.165) is 17.8 Å². The van der Waals surface area contributed by atoms with E-state index in [-0.39, 0.29) is 0 Å². The summed E-state index contributed by atoms with van der Waals surface area (Å²) in [6, 6.07) is 0. The van der Waals surface area contributed by atoms with Gasteiger partial charge in [0, 0.05) is 0 Å². The third-order valence-electron chi connectivity index (χ3n) is 7.10. The highest BCUT2D eigenvalue weighted by Gasteiger charge is 2.63. The van der Waals surface area contributed by atoms with Gasteiger partial charge in [-0.1, -0.05) is 26.7 Å². The molecule has 4 bridgehead atoms. The second kappa shape index (κ2) is 3.27. The summed E-state index contributed by atoms with van der Waals surface area (Å²) >= 11 is 0. The third kappa shape index (κ3) is 1.03. The molecule has 0 N–H and O–H groups in total. The van der Waals surface area contributed by atoms with E-state index in [1.54, 1.807) is 25.7 Å². The van der Waals surface area contributed by atoms with Crippen LogP contribution in [0.15, 0.2) is 0 Å². The molecule has 4 aliphatic rings. The van der Waals surface area contributed by atoms with Crippen molar-refractivity contribution in [3.8, 4) is 0 Å². The van der Waals surface area contributed by atoms with Gasteiger partial charge in [-0.3, -0.25) is 0 Å². The molecule has 4 fully saturated rings. The minimum absolute atomic E-state index is 1.07. The minimum Gasteiger partial charge on any atom is -0.0654 e. The zero-order chi connectivity index (χ0) is 10.9. The monoisotopic (exact) mass is 218 g/mol. The normalized spacial score (nSPS) is 61.9. The molecule has 16 heavy (non-hydrogen) atoms. The summed E-state index contributed by atoms with van der Waals surface area (Å²) in [5, 5.41) is 0. The van der Waals surface area contributed by atoms with E-state index in [0.29, 0.717) is 0 Å². The lowest BCUT2D eigenvalue weighted by atomic mass is 9.63. The molecule has 0 heterocycles. The Morgan fingerprint density at radius 2 is 1.62 bits per heavy atom. The van der Waals surface area contributed by atoms with Crippen molar-refractivity contribution in [2.45, 2.75) is 52.4 Å². The Morgan fingerprint density at radius 3 is 2.31 bits per heavy atom. The molecular weight excluding hydrogens is 192 g/mol. The van der Waals surface area contributed by atoms with Crippen LogP contribution < -0.4 is 0 Å². The molecule has 4 saturated carbocycles. The smallest absolute Gasteiger partial charge is 0.0321 e. The van der Waals surface area contributed by atoms with E-state index in [9.17, 15) is 0 Å². The van der Waals surface area contributed by atoms with Crippen LogP contribution in [0.2, 0.25) is 0 Å². The summed E-state index contributed by atoms with van der Waals surface area (Å²) in [7, 11) is 0. The summed E-state index contributed by atoms with van der Waals surface area (Å²) < 4.78 is 0. The van der Waals surface area contributed by atoms with Crippen LogP contribution in [0.1, 0.15) is 52.4 Å². The first kappa shape index (κ1) is 9.97. The van der Waals surface area contributed by atoms with Gasteiger partial charge in [0.1, 0.15) is 0 Å². The molecule has 0 aromatic rings. The fourth-order valence-corrected chi connectivity index (χ4v) is 6.82. The fourth-order valence-electron chi connectivity index (χ4n) is 6.82. The van der Waals surface area contributed by atoms with E-state index < -0.39 is 0 Å². The van der Waals surface area contributed by atoms with Crippen LogP contribution in [-0.2, 0) is 0 Å². The Hall–Kier alpha value is 0. The molecule has 0 nitrogen and oxygen atoms in total. The summed E-state index contributed by atoms with van der Waals surface area (Å²) in [4.78, 5) is 0. The molecule has 0 amide bonds. The highest BCUT2D eigenvalue weighted by atomic mass is 14.7. The van der Waals surface area contributed by atoms with Gasteiger partial charge in [-0.2, -0.15) is 0 Å². The van der Waals surface area contributed by atoms with Crippen molar-refractivity contribution >= 4 is 0 Å². The van der Waals surface area contributed by atoms with E-state index in [4.69, 9.17) is 0 Å². The van der Waals surface area contributed by atoms with E-state index in [1.807, 2.05) is 0 Å². The Morgan fingerprint density at radius 1 is 0.938 bits per heavy atom. The number of fused-ring (bicyclic) bond motifs is 9. The van der Waals surface area contributed by atoms with Crippen LogP contribution in [0.4, 0.5) is 0 Å². The van der Waals surface area contributed by atoms with Crippen molar-refractivity contribution in [1.82, 2.24) is 0 Å². The van der Waals surface area contributed by atoms with Crippen LogP contribution in [0.25, 0.3) is 0 Å². The van der Waals surface area contributed by atoms with Crippen LogP contribution in [0.5, 0.6) is 0 Å². The van der Waals surface area contributed by atoms with Crippen LogP contribution in [-0.4, -0.2) is 0 Å². The molecule has 8 atom stereocenters. The Kier molecular flexibility index (Phi) is 2.04. The lowest BCUT2D eigenvalue weighted by Crippen LogP contribution is -2.37. The average Bonchev–Trinajstić information content (AvgIpc) is 2.97. The van der Waals surface area contributed by atoms with Gasteiger partial charge in [0.15, 0.2) is 0 Å². The van der Waals surface area contributed by atoms with Crippen molar-refractivity contribution in [3.63, 3.8) is 0 Å². The van der Waals surface area contributed by atoms with Gasteiger partial charge in [-0.05, 0) is 73.0 Å². The van der Waals surface area contributed by atoms with Crippen molar-refractivity contribution in [1.29, 1.82) is 0 Å². The maximum Gasteiger partial charge on any atom is -0.0321 e. The van der Waals surface area contributed by atoms with E-state index in [1.165, 1.54) is 42.4 Å². The van der Waals surface area contributed by atoms with Crippen molar-refractivity contribution in [3.05, 3.63) is 0 Å². The SMILES string of the molecule is CCCC1C(C)[C@@H]2C[C@H]1C1C2[C@@H]2CC[C@H]1C2. The quantitative estimate of drug-likeness (QED) is 0.604. The van der Waals surface area contributed by atoms with E-state index in [2.05, 4.69) is 13.8 Å². The molecule has 4 rings (SSSR count). The van der Waals surface area contributed by atoms with Crippen LogP contribution >= 0.6 is 0 Å². The maximum atomic E-state index is 2.59. The van der Waals surface area contributed by atoms with Crippen LogP contribution in [0, 0.1) is 47.3 Å². The first-order valence-electron chi connectivity index (χ1n) is 7.81. The van der Waals surface area contributed by atoms with Crippen molar-refractivity contribution in [2.24, 2.45) is 47.3 Å². The molecule has 0 aromatic carbocycles. The van der Waals surface area contributed by atoms with Gasteiger partial charge < -0.3 is 0 Å². The molecule has 0 heteroatoms. The molecule has 0 saturated heterocycles. The molecule has 90 valence electrons. The van der Waals surface area contributed by atoms with Gasteiger partial charge in [-0.15, -0.1) is 0 Å². The lowest BCUT2D eigenvalue weighted by molar-refractivity contribution is 0.0593. The predicted octanol–water partition coefficient (Wildman–Crippen LogP) is 4.35. The third-order valence-corrected chi connectivity index (χ3v) is 7.10. The Bertz CT molecular complexity index is 294. The zero-order valence-corrected chi connectivity index (χ0v) is 10.9. The van der Waals surface area contributed by atoms with Gasteiger partial charge >= 0.3 is 0 Å². The molecular formula is C16H26. The maximum absolute atomic E-state index is 2.59. The Labute approximate surface area is 100 Å². The Balaban J connectivity index is 1.64. The zero-order valence-electron chi connectivity index (χ0n) is 10.9. The highest BCUT2D eigenvalue weighted by Crippen LogP contribution is 2.70. The molecule has 4 aliphatic carbocycles. The molecule has 0 spiro atoms. The van der Waals surface area contributed by atoms with Crippen molar-refractivity contribution in [2.75, 3.05) is 0 Å². The average molecular weight is 218 g/mol. The molecule has 4 unspecified atom stereocenters. The highest BCUT2D eigenvalue weighted by molar-refractivity contribution is 5.12. The van der Waals surface area contributed by atoms with E-state index >= 15 is 0 Å². The summed E-state index contributed by atoms with van der Waals surface area (Å²) in [5.41, 5.74) is 0.